The lowest BCUT2D eigenvalue weighted by Gasteiger charge is -2.27. The number of rotatable bonds is 4. The molecule has 2 rings (SSSR count). The fraction of sp³-hybridized carbons (Fsp3) is 0.533. The van der Waals surface area contributed by atoms with Crippen molar-refractivity contribution in [3.05, 3.63) is 23.8 Å². The summed E-state index contributed by atoms with van der Waals surface area (Å²) in [5.74, 6) is -1.66. The molecule has 1 fully saturated rings. The van der Waals surface area contributed by atoms with Gasteiger partial charge >= 0.3 is 6.18 Å². The molecule has 1 atom stereocenters. The van der Waals surface area contributed by atoms with Gasteiger partial charge in [-0.25, -0.2) is 8.42 Å². The van der Waals surface area contributed by atoms with E-state index < -0.39 is 27.7 Å². The van der Waals surface area contributed by atoms with Crippen LogP contribution in [0.25, 0.3) is 0 Å². The van der Waals surface area contributed by atoms with Gasteiger partial charge in [-0.1, -0.05) is 0 Å². The summed E-state index contributed by atoms with van der Waals surface area (Å²) in [6.07, 6.45) is -5.15. The van der Waals surface area contributed by atoms with E-state index in [4.69, 9.17) is 4.74 Å². The Morgan fingerprint density at radius 2 is 1.85 bits per heavy atom. The minimum Gasteiger partial charge on any atom is -0.379 e. The van der Waals surface area contributed by atoms with Crippen molar-refractivity contribution in [3.63, 3.8) is 0 Å². The van der Waals surface area contributed by atoms with Crippen LogP contribution in [0.1, 0.15) is 12.5 Å². The van der Waals surface area contributed by atoms with Crippen LogP contribution in [0.15, 0.2) is 23.1 Å². The fourth-order valence-electron chi connectivity index (χ4n) is 2.25. The largest absolute Gasteiger partial charge is 0.426 e. The van der Waals surface area contributed by atoms with Crippen molar-refractivity contribution in [1.82, 2.24) is 4.31 Å². The topological polar surface area (TPSA) is 95.9 Å². The summed E-state index contributed by atoms with van der Waals surface area (Å²) in [4.78, 5) is 11.7. The predicted molar refractivity (Wildman–Crippen MR) is 86.1 cm³/mol. The number of halogens is 3. The van der Waals surface area contributed by atoms with Crippen molar-refractivity contribution < 1.29 is 36.2 Å². The van der Waals surface area contributed by atoms with Crippen molar-refractivity contribution in [2.24, 2.45) is 0 Å². The summed E-state index contributed by atoms with van der Waals surface area (Å²) in [5, 5.41) is 11.4. The van der Waals surface area contributed by atoms with Crippen molar-refractivity contribution in [2.45, 2.75) is 30.5 Å². The Morgan fingerprint density at radius 1 is 1.27 bits per heavy atom. The Bertz CT molecular complexity index is 787. The van der Waals surface area contributed by atoms with Crippen LogP contribution >= 0.6 is 0 Å². The zero-order valence-corrected chi connectivity index (χ0v) is 14.9. The Morgan fingerprint density at radius 3 is 2.35 bits per heavy atom. The van der Waals surface area contributed by atoms with Gasteiger partial charge in [0.25, 0.3) is 5.91 Å². The number of nitrogens with zero attached hydrogens (tertiary/aromatic N) is 1. The Kier molecular flexibility index (Phi) is 5.66. The van der Waals surface area contributed by atoms with Crippen LogP contribution in [-0.2, 0) is 19.6 Å². The van der Waals surface area contributed by atoms with Crippen molar-refractivity contribution in [1.29, 1.82) is 0 Å². The Hall–Kier alpha value is -1.69. The van der Waals surface area contributed by atoms with E-state index in [2.05, 4.69) is 0 Å². The number of morpholine rings is 1. The van der Waals surface area contributed by atoms with Gasteiger partial charge in [0.15, 0.2) is 0 Å². The molecule has 0 saturated carbocycles. The number of carbonyl (C=O) groups excluding carboxylic acids is 1. The van der Waals surface area contributed by atoms with E-state index in [0.29, 0.717) is 6.92 Å². The molecule has 0 bridgehead atoms. The number of ether oxygens (including phenoxy) is 1. The summed E-state index contributed by atoms with van der Waals surface area (Å²) >= 11 is 0. The van der Waals surface area contributed by atoms with Gasteiger partial charge in [-0.2, -0.15) is 17.5 Å². The molecule has 1 aromatic carbocycles. The highest BCUT2D eigenvalue weighted by molar-refractivity contribution is 7.89. The molecule has 11 heteroatoms. The molecule has 0 radical (unpaired) electrons. The number of nitrogens with one attached hydrogen (secondary N) is 1. The first-order valence-electron chi connectivity index (χ1n) is 7.66. The molecule has 1 aliphatic heterocycles. The number of alkyl halides is 3. The number of aryl methyl sites for hydroxylation is 1. The second-order valence-electron chi connectivity index (χ2n) is 6.02. The lowest BCUT2D eigenvalue weighted by Crippen LogP contribution is -2.52. The van der Waals surface area contributed by atoms with Crippen LogP contribution in [0, 0.1) is 6.92 Å². The van der Waals surface area contributed by atoms with Gasteiger partial charge in [0.2, 0.25) is 15.6 Å². The third kappa shape index (κ3) is 4.00. The SMILES string of the molecule is Cc1cc(S(=O)(=O)N2CCOCC2)ccc1NC(=O)[C@@](C)(O)C(F)(F)F. The molecule has 1 aromatic rings. The zero-order valence-electron chi connectivity index (χ0n) is 14.1. The number of benzene rings is 1. The molecule has 1 aliphatic rings. The maximum absolute atomic E-state index is 12.7. The molecule has 1 heterocycles. The van der Waals surface area contributed by atoms with Gasteiger partial charge in [-0.3, -0.25) is 4.79 Å². The standard InChI is InChI=1S/C15H19F3N2O5S/c1-10-9-11(26(23,24)20-5-7-25-8-6-20)3-4-12(10)19-13(21)14(2,22)15(16,17)18/h3-4,9,22H,5-8H2,1-2H3,(H,19,21)/t14-/m1/s1. The molecule has 0 aliphatic carbocycles. The molecule has 0 aromatic heterocycles. The van der Waals surface area contributed by atoms with Crippen LogP contribution in [-0.4, -0.2) is 61.8 Å². The first-order valence-corrected chi connectivity index (χ1v) is 9.10. The van der Waals surface area contributed by atoms with Crippen molar-refractivity contribution in [2.75, 3.05) is 31.6 Å². The number of hydrogen-bond acceptors (Lipinski definition) is 5. The van der Waals surface area contributed by atoms with Gasteiger partial charge in [-0.05, 0) is 37.6 Å². The maximum Gasteiger partial charge on any atom is 0.426 e. The van der Waals surface area contributed by atoms with Crippen LogP contribution < -0.4 is 5.32 Å². The first kappa shape index (κ1) is 20.6. The molecule has 0 spiro atoms. The average Bonchev–Trinajstić information content (AvgIpc) is 2.56. The summed E-state index contributed by atoms with van der Waals surface area (Å²) in [6.45, 7) is 2.74. The fourth-order valence-corrected chi connectivity index (χ4v) is 3.74. The van der Waals surface area contributed by atoms with Crippen molar-refractivity contribution in [3.8, 4) is 0 Å². The molecule has 1 saturated heterocycles. The number of hydrogen-bond donors (Lipinski definition) is 2. The Balaban J connectivity index is 2.23. The minimum atomic E-state index is -5.15. The van der Waals surface area contributed by atoms with E-state index in [1.165, 1.54) is 29.4 Å². The quantitative estimate of drug-likeness (QED) is 0.799. The third-order valence-electron chi connectivity index (χ3n) is 4.05. The van der Waals surface area contributed by atoms with Gasteiger partial charge in [0.05, 0.1) is 18.1 Å². The van der Waals surface area contributed by atoms with E-state index in [9.17, 15) is 31.5 Å². The second-order valence-corrected chi connectivity index (χ2v) is 7.96. The van der Waals surface area contributed by atoms with Crippen LogP contribution in [0.3, 0.4) is 0 Å². The van der Waals surface area contributed by atoms with Gasteiger partial charge in [0.1, 0.15) is 0 Å². The zero-order chi connectivity index (χ0) is 19.8. The van der Waals surface area contributed by atoms with Gasteiger partial charge in [-0.15, -0.1) is 0 Å². The van der Waals surface area contributed by atoms with E-state index >= 15 is 0 Å². The molecule has 1 amide bonds. The summed E-state index contributed by atoms with van der Waals surface area (Å²) < 4.78 is 69.6. The second kappa shape index (κ2) is 7.14. The van der Waals surface area contributed by atoms with Gasteiger partial charge < -0.3 is 15.2 Å². The van der Waals surface area contributed by atoms with E-state index in [1.54, 1.807) is 0 Å². The monoisotopic (exact) mass is 396 g/mol. The number of amides is 1. The van der Waals surface area contributed by atoms with Crippen LogP contribution in [0.2, 0.25) is 0 Å². The van der Waals surface area contributed by atoms with Crippen LogP contribution in [0.5, 0.6) is 0 Å². The number of anilines is 1. The van der Waals surface area contributed by atoms with E-state index in [1.807, 2.05) is 5.32 Å². The molecule has 7 nitrogen and oxygen atoms in total. The van der Waals surface area contributed by atoms with E-state index in [-0.39, 0.29) is 42.4 Å². The van der Waals surface area contributed by atoms with E-state index in [0.717, 1.165) is 0 Å². The lowest BCUT2D eigenvalue weighted by molar-refractivity contribution is -0.242. The highest BCUT2D eigenvalue weighted by Crippen LogP contribution is 2.32. The Labute approximate surface area is 148 Å². The minimum absolute atomic E-state index is 0.0274. The molecule has 146 valence electrons. The smallest absolute Gasteiger partial charge is 0.379 e. The highest BCUT2D eigenvalue weighted by Gasteiger charge is 2.55. The molecular formula is C15H19F3N2O5S. The molecule has 2 N–H and O–H groups in total. The number of carbonyl (C=O) groups is 1. The van der Waals surface area contributed by atoms with Crippen molar-refractivity contribution >= 4 is 21.6 Å². The number of sulfonamides is 1. The predicted octanol–water partition coefficient (Wildman–Crippen LogP) is 1.27. The molecule has 26 heavy (non-hydrogen) atoms. The molecule has 0 unspecified atom stereocenters. The maximum atomic E-state index is 12.7. The summed E-state index contributed by atoms with van der Waals surface area (Å²) in [6, 6.07) is 3.63. The van der Waals surface area contributed by atoms with Gasteiger partial charge in [0, 0.05) is 18.8 Å². The summed E-state index contributed by atoms with van der Waals surface area (Å²) in [7, 11) is -3.77. The van der Waals surface area contributed by atoms with Crippen LogP contribution in [0.4, 0.5) is 18.9 Å². The summed E-state index contributed by atoms with van der Waals surface area (Å²) in [5.41, 5.74) is -3.36. The normalized spacial score (nSPS) is 19.0. The first-order chi connectivity index (χ1) is 11.9. The average molecular weight is 396 g/mol. The lowest BCUT2D eigenvalue weighted by atomic mass is 10.1. The third-order valence-corrected chi connectivity index (χ3v) is 5.94. The number of aliphatic hydroxyl groups is 1. The highest BCUT2D eigenvalue weighted by atomic mass is 32.2. The molecular weight excluding hydrogens is 377 g/mol.